The highest BCUT2D eigenvalue weighted by Gasteiger charge is 2.07. The minimum atomic E-state index is 0.285. The molecule has 2 aromatic rings. The van der Waals surface area contributed by atoms with Gasteiger partial charge >= 0.3 is 0 Å². The van der Waals surface area contributed by atoms with Gasteiger partial charge in [-0.05, 0) is 29.8 Å². The minimum Gasteiger partial charge on any atom is -0.493 e. The third-order valence-electron chi connectivity index (χ3n) is 3.06. The summed E-state index contributed by atoms with van der Waals surface area (Å²) in [7, 11) is 1.56. The van der Waals surface area contributed by atoms with E-state index in [0.717, 1.165) is 11.1 Å². The molecule has 0 saturated carbocycles. The van der Waals surface area contributed by atoms with Gasteiger partial charge in [-0.1, -0.05) is 24.3 Å². The van der Waals surface area contributed by atoms with Crippen molar-refractivity contribution in [3.8, 4) is 23.6 Å². The molecule has 0 amide bonds. The number of ether oxygens (including phenoxy) is 2. The van der Waals surface area contributed by atoms with Crippen LogP contribution >= 0.6 is 0 Å². The van der Waals surface area contributed by atoms with Crippen LogP contribution in [-0.4, -0.2) is 7.11 Å². The molecule has 0 bridgehead atoms. The Bertz CT molecular complexity index is 767. The molecule has 4 heteroatoms. The van der Waals surface area contributed by atoms with Crippen LogP contribution < -0.4 is 9.47 Å². The monoisotopic (exact) mass is 290 g/mol. The fraction of sp³-hybridized carbons (Fsp3) is 0.111. The highest BCUT2D eigenvalue weighted by Crippen LogP contribution is 2.29. The Hall–Kier alpha value is -3.24. The number of hydrogen-bond acceptors (Lipinski definition) is 4. The molecule has 0 atom stereocenters. The van der Waals surface area contributed by atoms with Crippen LogP contribution in [-0.2, 0) is 6.61 Å². The van der Waals surface area contributed by atoms with E-state index in [0.29, 0.717) is 17.1 Å². The second-order valence-corrected chi connectivity index (χ2v) is 4.43. The Labute approximate surface area is 129 Å². The van der Waals surface area contributed by atoms with Gasteiger partial charge in [-0.2, -0.15) is 10.5 Å². The van der Waals surface area contributed by atoms with E-state index in [9.17, 15) is 0 Å². The smallest absolute Gasteiger partial charge is 0.161 e. The lowest BCUT2D eigenvalue weighted by Crippen LogP contribution is -2.00. The summed E-state index contributed by atoms with van der Waals surface area (Å²) in [6.07, 6.45) is 3.09. The van der Waals surface area contributed by atoms with Crippen molar-refractivity contribution < 1.29 is 9.47 Å². The lowest BCUT2D eigenvalue weighted by Gasteiger charge is -2.12. The van der Waals surface area contributed by atoms with Gasteiger partial charge in [0.25, 0.3) is 0 Å². The molecule has 0 unspecified atom stereocenters. The second kappa shape index (κ2) is 7.52. The first-order chi connectivity index (χ1) is 10.8. The predicted molar refractivity (Wildman–Crippen MR) is 83.1 cm³/mol. The Morgan fingerprint density at radius 1 is 1.09 bits per heavy atom. The molecule has 4 nitrogen and oxygen atoms in total. The van der Waals surface area contributed by atoms with Gasteiger partial charge in [0.2, 0.25) is 0 Å². The summed E-state index contributed by atoms with van der Waals surface area (Å²) >= 11 is 0. The van der Waals surface area contributed by atoms with Gasteiger partial charge in [0.05, 0.1) is 24.8 Å². The first kappa shape index (κ1) is 15.2. The Kier molecular flexibility index (Phi) is 5.18. The summed E-state index contributed by atoms with van der Waals surface area (Å²) in [5, 5.41) is 17.6. The van der Waals surface area contributed by atoms with E-state index in [1.165, 1.54) is 6.08 Å². The van der Waals surface area contributed by atoms with E-state index >= 15 is 0 Å². The maximum atomic E-state index is 9.07. The van der Waals surface area contributed by atoms with Crippen LogP contribution in [0.15, 0.2) is 48.5 Å². The highest BCUT2D eigenvalue weighted by atomic mass is 16.5. The molecule has 2 rings (SSSR count). The topological polar surface area (TPSA) is 66.0 Å². The van der Waals surface area contributed by atoms with Crippen molar-refractivity contribution in [3.63, 3.8) is 0 Å². The SMILES string of the molecule is COc1cc(C=CC#N)ccc1OCc1ccccc1C#N. The van der Waals surface area contributed by atoms with Gasteiger partial charge in [0, 0.05) is 11.6 Å². The molecular weight excluding hydrogens is 276 g/mol. The molecule has 108 valence electrons. The van der Waals surface area contributed by atoms with Crippen LogP contribution in [0.4, 0.5) is 0 Å². The Morgan fingerprint density at radius 3 is 2.64 bits per heavy atom. The van der Waals surface area contributed by atoms with E-state index in [4.69, 9.17) is 20.0 Å². The van der Waals surface area contributed by atoms with Crippen molar-refractivity contribution in [2.24, 2.45) is 0 Å². The molecular formula is C18H14N2O2. The molecule has 22 heavy (non-hydrogen) atoms. The van der Waals surface area contributed by atoms with E-state index in [-0.39, 0.29) is 6.61 Å². The molecule has 0 heterocycles. The summed E-state index contributed by atoms with van der Waals surface area (Å²) in [5.74, 6) is 1.17. The lowest BCUT2D eigenvalue weighted by molar-refractivity contribution is 0.284. The summed E-state index contributed by atoms with van der Waals surface area (Å²) in [6, 6.07) is 16.8. The normalized spacial score (nSPS) is 9.95. The molecule has 0 fully saturated rings. The molecule has 0 N–H and O–H groups in total. The second-order valence-electron chi connectivity index (χ2n) is 4.43. The standard InChI is InChI=1S/C18H14N2O2/c1-21-18-11-14(5-4-10-19)8-9-17(18)22-13-16-7-3-2-6-15(16)12-20/h2-9,11H,13H2,1H3. The van der Waals surface area contributed by atoms with E-state index < -0.39 is 0 Å². The molecule has 0 saturated heterocycles. The van der Waals surface area contributed by atoms with Gasteiger partial charge in [-0.25, -0.2) is 0 Å². The van der Waals surface area contributed by atoms with Crippen LogP contribution in [0.5, 0.6) is 11.5 Å². The largest absolute Gasteiger partial charge is 0.493 e. The Balaban J connectivity index is 2.18. The fourth-order valence-corrected chi connectivity index (χ4v) is 1.95. The van der Waals surface area contributed by atoms with Gasteiger partial charge in [0.1, 0.15) is 6.61 Å². The first-order valence-electron chi connectivity index (χ1n) is 6.63. The maximum absolute atomic E-state index is 9.07. The number of rotatable bonds is 5. The maximum Gasteiger partial charge on any atom is 0.161 e. The third-order valence-corrected chi connectivity index (χ3v) is 3.06. The zero-order valence-corrected chi connectivity index (χ0v) is 12.1. The van der Waals surface area contributed by atoms with Crippen LogP contribution in [0.3, 0.4) is 0 Å². The summed E-state index contributed by atoms with van der Waals surface area (Å²) in [6.45, 7) is 0.285. The van der Waals surface area contributed by atoms with E-state index in [1.807, 2.05) is 30.3 Å². The van der Waals surface area contributed by atoms with Crippen LogP contribution in [0.25, 0.3) is 6.08 Å². The average molecular weight is 290 g/mol. The number of benzene rings is 2. The number of methoxy groups -OCH3 is 1. The van der Waals surface area contributed by atoms with Crippen molar-refractivity contribution in [1.82, 2.24) is 0 Å². The number of hydrogen-bond donors (Lipinski definition) is 0. The molecule has 0 aromatic heterocycles. The first-order valence-corrected chi connectivity index (χ1v) is 6.63. The molecule has 0 aliphatic carbocycles. The average Bonchev–Trinajstić information content (AvgIpc) is 2.58. The fourth-order valence-electron chi connectivity index (χ4n) is 1.95. The molecule has 0 aliphatic heterocycles. The van der Waals surface area contributed by atoms with Crippen molar-refractivity contribution in [1.29, 1.82) is 10.5 Å². The molecule has 0 radical (unpaired) electrons. The van der Waals surface area contributed by atoms with Gasteiger partial charge in [0.15, 0.2) is 11.5 Å². The van der Waals surface area contributed by atoms with Crippen molar-refractivity contribution in [3.05, 3.63) is 65.2 Å². The van der Waals surface area contributed by atoms with Crippen molar-refractivity contribution >= 4 is 6.08 Å². The Morgan fingerprint density at radius 2 is 1.91 bits per heavy atom. The summed E-state index contributed by atoms with van der Waals surface area (Å²) in [4.78, 5) is 0. The van der Waals surface area contributed by atoms with Crippen LogP contribution in [0, 0.1) is 22.7 Å². The van der Waals surface area contributed by atoms with Crippen LogP contribution in [0.1, 0.15) is 16.7 Å². The summed E-state index contributed by atoms with van der Waals surface area (Å²) < 4.78 is 11.1. The van der Waals surface area contributed by atoms with Gasteiger partial charge in [-0.15, -0.1) is 0 Å². The third kappa shape index (κ3) is 3.65. The number of allylic oxidation sites excluding steroid dienone is 1. The lowest BCUT2D eigenvalue weighted by atomic mass is 10.1. The van der Waals surface area contributed by atoms with Gasteiger partial charge < -0.3 is 9.47 Å². The van der Waals surface area contributed by atoms with Crippen LogP contribution in [0.2, 0.25) is 0 Å². The zero-order chi connectivity index (χ0) is 15.8. The number of nitriles is 2. The molecule has 2 aromatic carbocycles. The minimum absolute atomic E-state index is 0.285. The van der Waals surface area contributed by atoms with Gasteiger partial charge in [-0.3, -0.25) is 0 Å². The highest BCUT2D eigenvalue weighted by molar-refractivity contribution is 5.57. The van der Waals surface area contributed by atoms with Crippen molar-refractivity contribution in [2.45, 2.75) is 6.61 Å². The molecule has 0 aliphatic rings. The molecule has 0 spiro atoms. The zero-order valence-electron chi connectivity index (χ0n) is 12.1. The van der Waals surface area contributed by atoms with Crippen molar-refractivity contribution in [2.75, 3.05) is 7.11 Å². The predicted octanol–water partition coefficient (Wildman–Crippen LogP) is 3.68. The summed E-state index contributed by atoms with van der Waals surface area (Å²) in [5.41, 5.74) is 2.26. The van der Waals surface area contributed by atoms with E-state index in [2.05, 4.69) is 6.07 Å². The van der Waals surface area contributed by atoms with E-state index in [1.54, 1.807) is 31.4 Å². The number of nitrogens with zero attached hydrogens (tertiary/aromatic N) is 2. The quantitative estimate of drug-likeness (QED) is 0.788.